The van der Waals surface area contributed by atoms with Gasteiger partial charge in [0.05, 0.1) is 16.0 Å². The number of hydrogen-bond acceptors (Lipinski definition) is 6. The molecular weight excluding hydrogens is 460 g/mol. The molecule has 2 aliphatic rings. The van der Waals surface area contributed by atoms with Gasteiger partial charge in [0.1, 0.15) is 5.75 Å². The number of nitrogens with one attached hydrogen (secondary N) is 1. The molecule has 9 heteroatoms. The van der Waals surface area contributed by atoms with Crippen molar-refractivity contribution >= 4 is 40.7 Å². The van der Waals surface area contributed by atoms with Crippen LogP contribution in [0.25, 0.3) is 11.4 Å². The summed E-state index contributed by atoms with van der Waals surface area (Å²) in [7, 11) is 0. The maximum absolute atomic E-state index is 13.2. The van der Waals surface area contributed by atoms with Crippen LogP contribution >= 0.6 is 23.4 Å². The average Bonchev–Trinajstić information content (AvgIpc) is 3.48. The number of hydrogen-bond donors (Lipinski definition) is 1. The van der Waals surface area contributed by atoms with Crippen LogP contribution in [0.15, 0.2) is 47.6 Å². The standard InChI is InChI=1S/C24H23ClN4O3S/c1-14(22(31)15-10-11-20-19(12-15)26-21(30)13-32-20)33-24-28-27-23(17-8-4-5-9-18(17)25)29(24)16-6-2-3-7-16/h4-5,8-12,14,16H,2-3,6-7,13H2,1H3,(H,26,30). The maximum Gasteiger partial charge on any atom is 0.262 e. The molecule has 1 fully saturated rings. The number of nitrogens with zero attached hydrogens (tertiary/aromatic N) is 3. The first-order chi connectivity index (χ1) is 16.0. The number of Topliss-reactive ketones (excluding diaryl/α,β-unsaturated/α-hetero) is 1. The minimum Gasteiger partial charge on any atom is -0.482 e. The average molecular weight is 483 g/mol. The van der Waals surface area contributed by atoms with Crippen LogP contribution in [0.3, 0.4) is 0 Å². The third kappa shape index (κ3) is 4.37. The fourth-order valence-corrected chi connectivity index (χ4v) is 5.57. The lowest BCUT2D eigenvalue weighted by molar-refractivity contribution is -0.118. The molecule has 1 aromatic heterocycles. The quantitative estimate of drug-likeness (QED) is 0.373. The Hall–Kier alpha value is -2.84. The van der Waals surface area contributed by atoms with Gasteiger partial charge >= 0.3 is 0 Å². The minimum absolute atomic E-state index is 0.0167. The highest BCUT2D eigenvalue weighted by atomic mass is 35.5. The van der Waals surface area contributed by atoms with E-state index < -0.39 is 5.25 Å². The van der Waals surface area contributed by atoms with Crippen LogP contribution in [-0.4, -0.2) is 38.3 Å². The lowest BCUT2D eigenvalue weighted by atomic mass is 10.1. The molecule has 3 aromatic rings. The van der Waals surface area contributed by atoms with Crippen LogP contribution in [0.1, 0.15) is 49.0 Å². The summed E-state index contributed by atoms with van der Waals surface area (Å²) in [6.07, 6.45) is 4.42. The van der Waals surface area contributed by atoms with Gasteiger partial charge in [0.15, 0.2) is 23.4 Å². The van der Waals surface area contributed by atoms with Gasteiger partial charge in [-0.1, -0.05) is 48.3 Å². The lowest BCUT2D eigenvalue weighted by Crippen LogP contribution is -2.25. The summed E-state index contributed by atoms with van der Waals surface area (Å²) in [5.74, 6) is 1.02. The summed E-state index contributed by atoms with van der Waals surface area (Å²) in [5.41, 5.74) is 1.87. The zero-order chi connectivity index (χ0) is 22.9. The second-order valence-corrected chi connectivity index (χ2v) is 9.98. The fraction of sp³-hybridized carbons (Fsp3) is 0.333. The number of ether oxygens (including phenoxy) is 1. The number of halogens is 1. The number of ketones is 1. The molecule has 1 unspecified atom stereocenters. The summed E-state index contributed by atoms with van der Waals surface area (Å²) in [6, 6.07) is 13.0. The molecule has 2 aromatic carbocycles. The Labute approximate surface area is 200 Å². The number of fused-ring (bicyclic) bond motifs is 1. The van der Waals surface area contributed by atoms with Gasteiger partial charge in [-0.15, -0.1) is 10.2 Å². The van der Waals surface area contributed by atoms with Crippen LogP contribution in [0.2, 0.25) is 5.02 Å². The molecule has 1 saturated carbocycles. The Morgan fingerprint density at radius 1 is 1.21 bits per heavy atom. The van der Waals surface area contributed by atoms with Crippen LogP contribution in [0.4, 0.5) is 5.69 Å². The Morgan fingerprint density at radius 2 is 2.00 bits per heavy atom. The van der Waals surface area contributed by atoms with Gasteiger partial charge in [-0.25, -0.2) is 0 Å². The predicted molar refractivity (Wildman–Crippen MR) is 128 cm³/mol. The molecule has 1 N–H and O–H groups in total. The SMILES string of the molecule is CC(Sc1nnc(-c2ccccc2Cl)n1C1CCCC1)C(=O)c1ccc2c(c1)NC(=O)CO2. The van der Waals surface area contributed by atoms with Crippen molar-refractivity contribution in [3.63, 3.8) is 0 Å². The zero-order valence-corrected chi connectivity index (χ0v) is 19.7. The third-order valence-electron chi connectivity index (χ3n) is 6.02. The van der Waals surface area contributed by atoms with Crippen molar-refractivity contribution in [1.29, 1.82) is 0 Å². The third-order valence-corrected chi connectivity index (χ3v) is 7.40. The normalized spacial score (nSPS) is 16.7. The maximum atomic E-state index is 13.2. The molecule has 2 heterocycles. The van der Waals surface area contributed by atoms with Crippen LogP contribution < -0.4 is 10.1 Å². The summed E-state index contributed by atoms with van der Waals surface area (Å²) in [6.45, 7) is 1.85. The highest BCUT2D eigenvalue weighted by molar-refractivity contribution is 8.00. The number of rotatable bonds is 6. The smallest absolute Gasteiger partial charge is 0.262 e. The Bertz CT molecular complexity index is 1220. The van der Waals surface area contributed by atoms with E-state index in [4.69, 9.17) is 16.3 Å². The fourth-order valence-electron chi connectivity index (χ4n) is 4.36. The molecule has 1 amide bonds. The largest absolute Gasteiger partial charge is 0.482 e. The van der Waals surface area contributed by atoms with E-state index in [0.717, 1.165) is 37.1 Å². The molecule has 1 aliphatic heterocycles. The summed E-state index contributed by atoms with van der Waals surface area (Å²) < 4.78 is 7.55. The van der Waals surface area contributed by atoms with E-state index in [1.807, 2.05) is 31.2 Å². The first-order valence-electron chi connectivity index (χ1n) is 11.0. The highest BCUT2D eigenvalue weighted by Gasteiger charge is 2.28. The van der Waals surface area contributed by atoms with Crippen LogP contribution in [0.5, 0.6) is 5.75 Å². The predicted octanol–water partition coefficient (Wildman–Crippen LogP) is 5.41. The van der Waals surface area contributed by atoms with Gasteiger partial charge in [0.2, 0.25) is 0 Å². The van der Waals surface area contributed by atoms with E-state index in [0.29, 0.717) is 27.2 Å². The Kier molecular flexibility index (Phi) is 6.12. The Balaban J connectivity index is 1.43. The van der Waals surface area contributed by atoms with Crippen molar-refractivity contribution in [2.45, 2.75) is 49.1 Å². The van der Waals surface area contributed by atoms with Gasteiger partial charge in [-0.2, -0.15) is 0 Å². The second kappa shape index (κ2) is 9.19. The van der Waals surface area contributed by atoms with Crippen molar-refractivity contribution in [2.24, 2.45) is 0 Å². The van der Waals surface area contributed by atoms with Gasteiger partial charge < -0.3 is 10.1 Å². The molecule has 0 saturated heterocycles. The van der Waals surface area contributed by atoms with Crippen molar-refractivity contribution in [3.05, 3.63) is 53.1 Å². The molecule has 5 rings (SSSR count). The zero-order valence-electron chi connectivity index (χ0n) is 18.1. The minimum atomic E-state index is -0.397. The number of anilines is 1. The van der Waals surface area contributed by atoms with Gasteiger partial charge in [0.25, 0.3) is 5.91 Å². The van der Waals surface area contributed by atoms with Crippen molar-refractivity contribution in [3.8, 4) is 17.1 Å². The molecule has 1 aliphatic carbocycles. The van der Waals surface area contributed by atoms with Gasteiger partial charge in [-0.3, -0.25) is 14.2 Å². The number of carbonyl (C=O) groups is 2. The molecule has 0 radical (unpaired) electrons. The molecule has 0 spiro atoms. The monoisotopic (exact) mass is 482 g/mol. The van der Waals surface area contributed by atoms with Crippen molar-refractivity contribution in [1.82, 2.24) is 14.8 Å². The highest BCUT2D eigenvalue weighted by Crippen LogP contribution is 2.39. The number of amides is 1. The lowest BCUT2D eigenvalue weighted by Gasteiger charge is -2.20. The summed E-state index contributed by atoms with van der Waals surface area (Å²) >= 11 is 7.87. The van der Waals surface area contributed by atoms with Crippen molar-refractivity contribution in [2.75, 3.05) is 11.9 Å². The number of carbonyl (C=O) groups excluding carboxylic acids is 2. The van der Waals surface area contributed by atoms with E-state index in [-0.39, 0.29) is 24.3 Å². The first-order valence-corrected chi connectivity index (χ1v) is 12.2. The van der Waals surface area contributed by atoms with Crippen LogP contribution in [-0.2, 0) is 4.79 Å². The molecule has 0 bridgehead atoms. The van der Waals surface area contributed by atoms with Gasteiger partial charge in [0, 0.05) is 17.2 Å². The van der Waals surface area contributed by atoms with E-state index >= 15 is 0 Å². The summed E-state index contributed by atoms with van der Waals surface area (Å²) in [4.78, 5) is 24.9. The molecule has 33 heavy (non-hydrogen) atoms. The molecular formula is C24H23ClN4O3S. The number of aromatic nitrogens is 3. The topological polar surface area (TPSA) is 86.1 Å². The van der Waals surface area contributed by atoms with Crippen LogP contribution in [0, 0.1) is 0 Å². The van der Waals surface area contributed by atoms with E-state index in [1.54, 1.807) is 18.2 Å². The van der Waals surface area contributed by atoms with Gasteiger partial charge in [-0.05, 0) is 50.1 Å². The number of benzene rings is 2. The molecule has 7 nitrogen and oxygen atoms in total. The number of thioether (sulfide) groups is 1. The molecule has 170 valence electrons. The van der Waals surface area contributed by atoms with E-state index in [2.05, 4.69) is 20.1 Å². The molecule has 1 atom stereocenters. The Morgan fingerprint density at radius 3 is 2.79 bits per heavy atom. The first kappa shape index (κ1) is 22.0. The van der Waals surface area contributed by atoms with E-state index in [9.17, 15) is 9.59 Å². The van der Waals surface area contributed by atoms with Crippen molar-refractivity contribution < 1.29 is 14.3 Å². The second-order valence-electron chi connectivity index (χ2n) is 8.27. The summed E-state index contributed by atoms with van der Waals surface area (Å²) in [5, 5.41) is 12.6. The van der Waals surface area contributed by atoms with E-state index in [1.165, 1.54) is 11.8 Å².